The maximum Gasteiger partial charge on any atom is 0.451 e. The molecule has 2 N–H and O–H groups in total. The van der Waals surface area contributed by atoms with Crippen LogP contribution in [0.1, 0.15) is 26.8 Å². The number of alkyl halides is 4. The molecule has 33 heavy (non-hydrogen) atoms. The summed E-state index contributed by atoms with van der Waals surface area (Å²) < 4.78 is 40.2. The number of nitrogens with one attached hydrogen (secondary N) is 2. The van der Waals surface area contributed by atoms with Crippen molar-refractivity contribution in [2.24, 2.45) is 0 Å². The van der Waals surface area contributed by atoms with Crippen LogP contribution in [0.2, 0.25) is 5.15 Å². The predicted molar refractivity (Wildman–Crippen MR) is 127 cm³/mol. The summed E-state index contributed by atoms with van der Waals surface area (Å²) in [5.41, 5.74) is 3.61. The summed E-state index contributed by atoms with van der Waals surface area (Å²) >= 11 is 8.12. The van der Waals surface area contributed by atoms with Crippen molar-refractivity contribution < 1.29 is 13.2 Å². The molecule has 0 bridgehead atoms. The van der Waals surface area contributed by atoms with Crippen molar-refractivity contribution >= 4 is 56.7 Å². The van der Waals surface area contributed by atoms with Gasteiger partial charge in [0.2, 0.25) is 5.82 Å². The maximum absolute atomic E-state index is 13.2. The first-order chi connectivity index (χ1) is 15.7. The number of hydrogen-bond acceptors (Lipinski definition) is 6. The zero-order valence-electron chi connectivity index (χ0n) is 17.2. The molecular formula is C20H17ClF3IN8. The van der Waals surface area contributed by atoms with E-state index in [1.165, 1.54) is 0 Å². The third-order valence-electron chi connectivity index (χ3n) is 5.55. The summed E-state index contributed by atoms with van der Waals surface area (Å²) in [6, 6.07) is 5.64. The van der Waals surface area contributed by atoms with Gasteiger partial charge in [-0.1, -0.05) is 11.6 Å². The highest BCUT2D eigenvalue weighted by molar-refractivity contribution is 14.1. The van der Waals surface area contributed by atoms with Crippen LogP contribution in [0.25, 0.3) is 11.0 Å². The quantitative estimate of drug-likeness (QED) is 0.196. The molecule has 5 heterocycles. The van der Waals surface area contributed by atoms with E-state index < -0.39 is 16.0 Å². The lowest BCUT2D eigenvalue weighted by atomic mass is 10.1. The van der Waals surface area contributed by atoms with Crippen LogP contribution in [0.5, 0.6) is 0 Å². The molecule has 172 valence electrons. The van der Waals surface area contributed by atoms with E-state index in [1.54, 1.807) is 12.4 Å². The van der Waals surface area contributed by atoms with Crippen molar-refractivity contribution in [2.45, 2.75) is 30.2 Å². The molecule has 1 atom stereocenters. The number of pyridine rings is 2. The monoisotopic (exact) mass is 588 g/mol. The lowest BCUT2D eigenvalue weighted by molar-refractivity contribution is -0.147. The molecule has 0 fully saturated rings. The zero-order valence-corrected chi connectivity index (χ0v) is 20.1. The second kappa shape index (κ2) is 8.31. The van der Waals surface area contributed by atoms with Crippen LogP contribution in [-0.4, -0.2) is 36.3 Å². The second-order valence-corrected chi connectivity index (χ2v) is 9.21. The first-order valence-electron chi connectivity index (χ1n) is 9.96. The minimum absolute atomic E-state index is 0.137. The van der Waals surface area contributed by atoms with Gasteiger partial charge in [-0.15, -0.1) is 10.2 Å². The number of hydrogen-bond donors (Lipinski definition) is 2. The SMILES string of the molecule is Cc1cc(N2CCn3c(nnc3C(F)(F)F)C2I)ncc1CNc1ccnc2[nH]c(Cl)cc12. The van der Waals surface area contributed by atoms with Gasteiger partial charge in [0.25, 0.3) is 0 Å². The highest BCUT2D eigenvalue weighted by Gasteiger charge is 2.41. The van der Waals surface area contributed by atoms with Gasteiger partial charge in [0, 0.05) is 43.1 Å². The highest BCUT2D eigenvalue weighted by Crippen LogP contribution is 2.37. The van der Waals surface area contributed by atoms with Gasteiger partial charge in [0.15, 0.2) is 5.82 Å². The fraction of sp³-hybridized carbons (Fsp3) is 0.300. The molecule has 5 rings (SSSR count). The third-order valence-corrected chi connectivity index (χ3v) is 6.98. The van der Waals surface area contributed by atoms with Crippen molar-refractivity contribution in [3.8, 4) is 0 Å². The Kier molecular flexibility index (Phi) is 5.59. The van der Waals surface area contributed by atoms with E-state index in [9.17, 15) is 13.2 Å². The Balaban J connectivity index is 1.34. The number of fused-ring (bicyclic) bond motifs is 2. The van der Waals surface area contributed by atoms with Crippen LogP contribution in [-0.2, 0) is 19.3 Å². The number of halogens is 5. The minimum Gasteiger partial charge on any atom is -0.380 e. The maximum atomic E-state index is 13.2. The molecule has 4 aromatic heterocycles. The van der Waals surface area contributed by atoms with Gasteiger partial charge in [-0.25, -0.2) is 9.97 Å². The van der Waals surface area contributed by atoms with E-state index in [0.29, 0.717) is 29.7 Å². The summed E-state index contributed by atoms with van der Waals surface area (Å²) in [4.78, 5) is 13.8. The molecule has 0 aliphatic carbocycles. The van der Waals surface area contributed by atoms with Gasteiger partial charge in [0.05, 0.1) is 0 Å². The van der Waals surface area contributed by atoms with Crippen LogP contribution in [0, 0.1) is 6.92 Å². The Hall–Kier alpha value is -2.61. The van der Waals surface area contributed by atoms with E-state index in [-0.39, 0.29) is 12.4 Å². The van der Waals surface area contributed by atoms with E-state index in [2.05, 4.69) is 53.1 Å². The van der Waals surface area contributed by atoms with E-state index in [4.69, 9.17) is 11.6 Å². The van der Waals surface area contributed by atoms with Crippen LogP contribution in [0.15, 0.2) is 30.6 Å². The molecule has 4 aromatic rings. The average Bonchev–Trinajstić information content (AvgIpc) is 3.36. The summed E-state index contributed by atoms with van der Waals surface area (Å²) in [7, 11) is 0. The largest absolute Gasteiger partial charge is 0.451 e. The van der Waals surface area contributed by atoms with E-state index in [1.807, 2.05) is 30.0 Å². The number of anilines is 2. The summed E-state index contributed by atoms with van der Waals surface area (Å²) in [5, 5.41) is 12.0. The molecule has 0 amide bonds. The van der Waals surface area contributed by atoms with Crippen LogP contribution < -0.4 is 10.2 Å². The topological polar surface area (TPSA) is 87.6 Å². The van der Waals surface area contributed by atoms with Gasteiger partial charge in [0.1, 0.15) is 20.7 Å². The smallest absolute Gasteiger partial charge is 0.380 e. The normalized spacial score (nSPS) is 16.3. The molecule has 1 unspecified atom stereocenters. The zero-order chi connectivity index (χ0) is 23.3. The summed E-state index contributed by atoms with van der Waals surface area (Å²) in [5.74, 6) is -0.00766. The lowest BCUT2D eigenvalue weighted by Crippen LogP contribution is -2.37. The molecule has 1 aliphatic heterocycles. The second-order valence-electron chi connectivity index (χ2n) is 7.62. The molecule has 0 saturated carbocycles. The highest BCUT2D eigenvalue weighted by atomic mass is 127. The first-order valence-corrected chi connectivity index (χ1v) is 11.6. The van der Waals surface area contributed by atoms with Gasteiger partial charge in [-0.3, -0.25) is 0 Å². The molecule has 0 spiro atoms. The Labute approximate surface area is 204 Å². The standard InChI is InChI=1S/C20H17ClF3IN8/c1-10-6-15(32-4-5-33-18(16(32)25)30-31-19(33)20(22,23)24)28-9-11(10)8-27-13-2-3-26-17-12(13)7-14(21)29-17/h2-3,6-7,9,16H,4-5,8H2,1H3,(H2,26,27,29). The van der Waals surface area contributed by atoms with Crippen LogP contribution >= 0.6 is 34.2 Å². The molecule has 0 saturated heterocycles. The number of rotatable bonds is 4. The van der Waals surface area contributed by atoms with Gasteiger partial charge in [-0.05, 0) is 58.8 Å². The number of aryl methyl sites for hydroxylation is 1. The van der Waals surface area contributed by atoms with Crippen LogP contribution in [0.3, 0.4) is 0 Å². The molecule has 13 heteroatoms. The molecule has 1 aliphatic rings. The van der Waals surface area contributed by atoms with Gasteiger partial charge < -0.3 is 19.8 Å². The van der Waals surface area contributed by atoms with Gasteiger partial charge in [-0.2, -0.15) is 13.2 Å². The Bertz CT molecular complexity index is 1330. The fourth-order valence-corrected chi connectivity index (χ4v) is 5.09. The molecule has 8 nitrogen and oxygen atoms in total. The number of H-pyrrole nitrogens is 1. The van der Waals surface area contributed by atoms with Crippen molar-refractivity contribution in [2.75, 3.05) is 16.8 Å². The molecular weight excluding hydrogens is 572 g/mol. The van der Waals surface area contributed by atoms with E-state index >= 15 is 0 Å². The Morgan fingerprint density at radius 1 is 1.24 bits per heavy atom. The first kappa shape index (κ1) is 22.2. The fourth-order valence-electron chi connectivity index (χ4n) is 3.86. The van der Waals surface area contributed by atoms with Crippen LogP contribution in [0.4, 0.5) is 24.7 Å². The Morgan fingerprint density at radius 3 is 2.82 bits per heavy atom. The minimum atomic E-state index is -4.53. The number of aromatic nitrogens is 6. The number of nitrogens with zero attached hydrogens (tertiary/aromatic N) is 6. The molecule has 0 aromatic carbocycles. The van der Waals surface area contributed by atoms with Crippen molar-refractivity contribution in [1.29, 1.82) is 0 Å². The lowest BCUT2D eigenvalue weighted by Gasteiger charge is -2.33. The predicted octanol–water partition coefficient (Wildman–Crippen LogP) is 5.10. The van der Waals surface area contributed by atoms with Crippen molar-refractivity contribution in [3.05, 3.63) is 58.5 Å². The number of aromatic amines is 1. The third kappa shape index (κ3) is 4.09. The van der Waals surface area contributed by atoms with Crippen molar-refractivity contribution in [1.82, 2.24) is 29.7 Å². The summed E-state index contributed by atoms with van der Waals surface area (Å²) in [6.45, 7) is 3.03. The van der Waals surface area contributed by atoms with Gasteiger partial charge >= 0.3 is 6.18 Å². The summed E-state index contributed by atoms with van der Waals surface area (Å²) in [6.07, 6.45) is -1.05. The van der Waals surface area contributed by atoms with Crippen molar-refractivity contribution in [3.63, 3.8) is 0 Å². The average molecular weight is 589 g/mol. The van der Waals surface area contributed by atoms with E-state index in [0.717, 1.165) is 26.8 Å². The Morgan fingerprint density at radius 2 is 2.06 bits per heavy atom. The molecule has 0 radical (unpaired) electrons.